The summed E-state index contributed by atoms with van der Waals surface area (Å²) in [4.78, 5) is 12.9. The number of amides is 1. The van der Waals surface area contributed by atoms with Gasteiger partial charge in [0.05, 0.1) is 0 Å². The Morgan fingerprint density at radius 1 is 1.45 bits per heavy atom. The fourth-order valence-electron chi connectivity index (χ4n) is 1.03. The minimum absolute atomic E-state index is 0.0981. The number of carbonyl (C=O) groups excluding carboxylic acids is 1. The van der Waals surface area contributed by atoms with Gasteiger partial charge in [-0.1, -0.05) is 18.2 Å². The van der Waals surface area contributed by atoms with Crippen molar-refractivity contribution in [1.29, 1.82) is 0 Å². The molecule has 0 radical (unpaired) electrons. The summed E-state index contributed by atoms with van der Waals surface area (Å²) < 4.78 is 0. The first-order chi connectivity index (χ1) is 5.22. The van der Waals surface area contributed by atoms with Crippen molar-refractivity contribution < 1.29 is 4.79 Å². The lowest BCUT2D eigenvalue weighted by molar-refractivity contribution is -0.124. The molecule has 1 aliphatic rings. The summed E-state index contributed by atoms with van der Waals surface area (Å²) in [5.74, 6) is 0.0981. The van der Waals surface area contributed by atoms with Crippen LogP contribution in [0.1, 0.15) is 12.8 Å². The van der Waals surface area contributed by atoms with Gasteiger partial charge in [-0.05, 0) is 12.8 Å². The lowest BCUT2D eigenvalue weighted by Gasteiger charge is -2.12. The highest BCUT2D eigenvalue weighted by atomic mass is 16.2. The number of rotatable bonds is 1. The van der Waals surface area contributed by atoms with Crippen LogP contribution in [0.4, 0.5) is 0 Å². The van der Waals surface area contributed by atoms with Crippen LogP contribution in [-0.4, -0.2) is 24.9 Å². The highest BCUT2D eigenvalue weighted by Crippen LogP contribution is 2.10. The maximum atomic E-state index is 11.3. The Labute approximate surface area is 67.2 Å². The molecule has 0 aromatic rings. The second-order valence-electron chi connectivity index (χ2n) is 2.84. The van der Waals surface area contributed by atoms with Gasteiger partial charge in [0.1, 0.15) is 0 Å². The van der Waals surface area contributed by atoms with Gasteiger partial charge in [-0.25, -0.2) is 0 Å². The molecule has 0 saturated heterocycles. The van der Waals surface area contributed by atoms with Gasteiger partial charge in [0.2, 0.25) is 0 Å². The van der Waals surface area contributed by atoms with Gasteiger partial charge < -0.3 is 4.90 Å². The van der Waals surface area contributed by atoms with E-state index < -0.39 is 0 Å². The van der Waals surface area contributed by atoms with E-state index in [1.165, 1.54) is 0 Å². The third kappa shape index (κ3) is 1.93. The van der Waals surface area contributed by atoms with Gasteiger partial charge in [-0.3, -0.25) is 4.79 Å². The fourth-order valence-corrected chi connectivity index (χ4v) is 1.03. The molecule has 2 nitrogen and oxygen atoms in total. The highest BCUT2D eigenvalue weighted by Gasteiger charge is 2.08. The highest BCUT2D eigenvalue weighted by molar-refractivity contribution is 5.95. The lowest BCUT2D eigenvalue weighted by Crippen LogP contribution is -2.23. The molecule has 1 rings (SSSR count). The minimum atomic E-state index is 0.0981. The van der Waals surface area contributed by atoms with Gasteiger partial charge in [-0.15, -0.1) is 0 Å². The van der Waals surface area contributed by atoms with E-state index in [-0.39, 0.29) is 5.91 Å². The van der Waals surface area contributed by atoms with E-state index in [9.17, 15) is 4.79 Å². The predicted octanol–water partition coefficient (Wildman–Crippen LogP) is 1.35. The van der Waals surface area contributed by atoms with Crippen LogP contribution >= 0.6 is 0 Å². The Morgan fingerprint density at radius 3 is 2.64 bits per heavy atom. The van der Waals surface area contributed by atoms with E-state index in [4.69, 9.17) is 0 Å². The summed E-state index contributed by atoms with van der Waals surface area (Å²) in [5, 5.41) is 0. The van der Waals surface area contributed by atoms with Gasteiger partial charge in [-0.2, -0.15) is 0 Å². The number of nitrogens with zero attached hydrogens (tertiary/aromatic N) is 1. The van der Waals surface area contributed by atoms with Crippen molar-refractivity contribution in [3.8, 4) is 0 Å². The maximum Gasteiger partial charge on any atom is 0.252 e. The monoisotopic (exact) mass is 151 g/mol. The first-order valence-electron chi connectivity index (χ1n) is 3.80. The molecule has 0 atom stereocenters. The van der Waals surface area contributed by atoms with Crippen molar-refractivity contribution in [1.82, 2.24) is 4.90 Å². The molecule has 0 aromatic heterocycles. The van der Waals surface area contributed by atoms with Gasteiger partial charge in [0.15, 0.2) is 0 Å². The van der Waals surface area contributed by atoms with Crippen LogP contribution in [-0.2, 0) is 4.79 Å². The SMILES string of the molecule is CN(C)C(=O)C1=CCCC=C1. The zero-order chi connectivity index (χ0) is 8.27. The molecule has 0 heterocycles. The molecule has 0 spiro atoms. The first-order valence-corrected chi connectivity index (χ1v) is 3.80. The Morgan fingerprint density at radius 2 is 2.18 bits per heavy atom. The molecule has 1 aliphatic carbocycles. The third-order valence-electron chi connectivity index (χ3n) is 1.65. The lowest BCUT2D eigenvalue weighted by atomic mass is 10.1. The van der Waals surface area contributed by atoms with Crippen LogP contribution in [0.3, 0.4) is 0 Å². The van der Waals surface area contributed by atoms with Crippen molar-refractivity contribution in [2.24, 2.45) is 0 Å². The van der Waals surface area contributed by atoms with Gasteiger partial charge in [0, 0.05) is 19.7 Å². The van der Waals surface area contributed by atoms with Crippen LogP contribution in [0.15, 0.2) is 23.8 Å². The quantitative estimate of drug-likeness (QED) is 0.554. The normalized spacial score (nSPS) is 16.0. The molecule has 0 bridgehead atoms. The van der Waals surface area contributed by atoms with Crippen LogP contribution in [0.25, 0.3) is 0 Å². The third-order valence-corrected chi connectivity index (χ3v) is 1.65. The molecular weight excluding hydrogens is 138 g/mol. The number of hydrogen-bond acceptors (Lipinski definition) is 1. The first kappa shape index (κ1) is 8.05. The van der Waals surface area contributed by atoms with E-state index >= 15 is 0 Å². The Balaban J connectivity index is 2.67. The van der Waals surface area contributed by atoms with E-state index in [1.54, 1.807) is 19.0 Å². The minimum Gasteiger partial charge on any atom is -0.345 e. The zero-order valence-corrected chi connectivity index (χ0v) is 7.00. The smallest absolute Gasteiger partial charge is 0.252 e. The Kier molecular flexibility index (Phi) is 2.47. The number of hydrogen-bond donors (Lipinski definition) is 0. The average Bonchev–Trinajstić information content (AvgIpc) is 2.05. The van der Waals surface area contributed by atoms with Crippen molar-refractivity contribution >= 4 is 5.91 Å². The molecule has 11 heavy (non-hydrogen) atoms. The summed E-state index contributed by atoms with van der Waals surface area (Å²) in [5.41, 5.74) is 0.821. The van der Waals surface area contributed by atoms with Crippen molar-refractivity contribution in [2.45, 2.75) is 12.8 Å². The molecule has 0 fully saturated rings. The van der Waals surface area contributed by atoms with Crippen LogP contribution in [0, 0.1) is 0 Å². The average molecular weight is 151 g/mol. The summed E-state index contributed by atoms with van der Waals surface area (Å²) >= 11 is 0. The summed E-state index contributed by atoms with van der Waals surface area (Å²) in [6.45, 7) is 0. The topological polar surface area (TPSA) is 20.3 Å². The number of likely N-dealkylation sites (N-methyl/N-ethyl adjacent to an activating group) is 1. The molecule has 1 amide bonds. The van der Waals surface area contributed by atoms with Gasteiger partial charge in [0.25, 0.3) is 5.91 Å². The van der Waals surface area contributed by atoms with Crippen LogP contribution in [0.2, 0.25) is 0 Å². The van der Waals surface area contributed by atoms with Crippen molar-refractivity contribution in [3.05, 3.63) is 23.8 Å². The molecule has 0 unspecified atom stereocenters. The van der Waals surface area contributed by atoms with E-state index in [1.807, 2.05) is 18.2 Å². The molecule has 0 aromatic carbocycles. The molecule has 2 heteroatoms. The zero-order valence-electron chi connectivity index (χ0n) is 7.00. The summed E-state index contributed by atoms with van der Waals surface area (Å²) in [7, 11) is 3.54. The Hall–Kier alpha value is -1.05. The molecular formula is C9H13NO. The summed E-state index contributed by atoms with van der Waals surface area (Å²) in [6, 6.07) is 0. The maximum absolute atomic E-state index is 11.3. The molecule has 0 N–H and O–H groups in total. The molecule has 60 valence electrons. The largest absolute Gasteiger partial charge is 0.345 e. The van der Waals surface area contributed by atoms with E-state index in [2.05, 4.69) is 0 Å². The van der Waals surface area contributed by atoms with Crippen molar-refractivity contribution in [2.75, 3.05) is 14.1 Å². The number of allylic oxidation sites excluding steroid dienone is 2. The fraction of sp³-hybridized carbons (Fsp3) is 0.444. The second kappa shape index (κ2) is 3.37. The second-order valence-corrected chi connectivity index (χ2v) is 2.84. The number of carbonyl (C=O) groups is 1. The predicted molar refractivity (Wildman–Crippen MR) is 45.2 cm³/mol. The Bertz CT molecular complexity index is 214. The van der Waals surface area contributed by atoms with Gasteiger partial charge >= 0.3 is 0 Å². The molecule has 0 aliphatic heterocycles. The van der Waals surface area contributed by atoms with E-state index in [0.717, 1.165) is 18.4 Å². The van der Waals surface area contributed by atoms with Crippen molar-refractivity contribution in [3.63, 3.8) is 0 Å². The standard InChI is InChI=1S/C9H13NO/c1-10(2)9(11)8-6-4-3-5-7-8/h4,6-7H,3,5H2,1-2H3. The van der Waals surface area contributed by atoms with Crippen LogP contribution in [0.5, 0.6) is 0 Å². The molecule has 0 saturated carbocycles. The van der Waals surface area contributed by atoms with Crippen LogP contribution < -0.4 is 0 Å². The summed E-state index contributed by atoms with van der Waals surface area (Å²) in [6.07, 6.45) is 7.97. The van der Waals surface area contributed by atoms with E-state index in [0.29, 0.717) is 0 Å².